The molecule has 0 aromatic carbocycles. The van der Waals surface area contributed by atoms with Crippen molar-refractivity contribution in [2.45, 2.75) is 64.0 Å². The second kappa shape index (κ2) is 5.51. The van der Waals surface area contributed by atoms with E-state index in [0.717, 1.165) is 49.2 Å². The van der Waals surface area contributed by atoms with E-state index in [2.05, 4.69) is 15.1 Å². The maximum atomic E-state index is 12.7. The number of carbonyl (C=O) groups excluding carboxylic acids is 1. The van der Waals surface area contributed by atoms with E-state index >= 15 is 0 Å². The third-order valence-corrected chi connectivity index (χ3v) is 5.53. The van der Waals surface area contributed by atoms with Gasteiger partial charge >= 0.3 is 0 Å². The summed E-state index contributed by atoms with van der Waals surface area (Å²) >= 11 is 0. The summed E-state index contributed by atoms with van der Waals surface area (Å²) in [5, 5.41) is 14.6. The Morgan fingerprint density at radius 3 is 2.96 bits per heavy atom. The maximum Gasteiger partial charge on any atom is 0.252 e. The van der Waals surface area contributed by atoms with Gasteiger partial charge in [-0.05, 0) is 51.5 Å². The summed E-state index contributed by atoms with van der Waals surface area (Å²) in [5.41, 5.74) is 2.34. The van der Waals surface area contributed by atoms with Crippen molar-refractivity contribution in [2.75, 3.05) is 6.54 Å². The number of amides is 1. The van der Waals surface area contributed by atoms with Crippen LogP contribution in [0.15, 0.2) is 6.33 Å². The molecule has 1 aliphatic heterocycles. The summed E-state index contributed by atoms with van der Waals surface area (Å²) in [6.07, 6.45) is 6.14. The zero-order valence-corrected chi connectivity index (χ0v) is 14.2. The van der Waals surface area contributed by atoms with Crippen LogP contribution in [0.2, 0.25) is 0 Å². The van der Waals surface area contributed by atoms with Gasteiger partial charge in [-0.3, -0.25) is 4.79 Å². The Bertz CT molecular complexity index is 796. The molecule has 3 heterocycles. The number of rotatable bonds is 4. The molecule has 1 saturated carbocycles. The van der Waals surface area contributed by atoms with Crippen LogP contribution in [0.5, 0.6) is 0 Å². The molecule has 4 rings (SSSR count). The normalized spacial score (nSPS) is 22.3. The highest BCUT2D eigenvalue weighted by molar-refractivity contribution is 5.77. The van der Waals surface area contributed by atoms with Crippen molar-refractivity contribution in [3.63, 3.8) is 0 Å². The minimum absolute atomic E-state index is 0.0168. The van der Waals surface area contributed by atoms with Crippen LogP contribution in [-0.2, 0) is 11.2 Å². The minimum atomic E-state index is -0.612. The van der Waals surface area contributed by atoms with E-state index in [9.17, 15) is 9.90 Å². The second-order valence-corrected chi connectivity index (χ2v) is 7.08. The number of hydrogen-bond donors (Lipinski definition) is 1. The van der Waals surface area contributed by atoms with Crippen LogP contribution < -0.4 is 0 Å². The fraction of sp³-hybridized carbons (Fsp3) is 0.647. The first-order chi connectivity index (χ1) is 11.5. The standard InChI is InChI=1S/C17H23N5O2/c1-11-13(12(2)22-16(20-11)18-10-19-22)5-6-15(23)21-9-3-4-14(21)17(24)7-8-17/h10,14,24H,3-9H2,1-2H3. The van der Waals surface area contributed by atoms with Crippen molar-refractivity contribution in [2.24, 2.45) is 0 Å². The SMILES string of the molecule is Cc1nc2ncnn2c(C)c1CCC(=O)N1CCCC1C1(O)CC1. The van der Waals surface area contributed by atoms with Gasteiger partial charge in [0, 0.05) is 24.4 Å². The number of carbonyl (C=O) groups is 1. The molecule has 1 atom stereocenters. The van der Waals surface area contributed by atoms with E-state index in [1.807, 2.05) is 18.7 Å². The molecule has 2 aromatic rings. The van der Waals surface area contributed by atoms with Crippen LogP contribution in [0.4, 0.5) is 0 Å². The largest absolute Gasteiger partial charge is 0.388 e. The molecule has 1 aliphatic carbocycles. The summed E-state index contributed by atoms with van der Waals surface area (Å²) in [7, 11) is 0. The highest BCUT2D eigenvalue weighted by Gasteiger charge is 2.52. The number of hydrogen-bond acceptors (Lipinski definition) is 5. The smallest absolute Gasteiger partial charge is 0.252 e. The van der Waals surface area contributed by atoms with Crippen molar-refractivity contribution < 1.29 is 9.90 Å². The summed E-state index contributed by atoms with van der Waals surface area (Å²) in [5.74, 6) is 0.728. The van der Waals surface area contributed by atoms with Crippen molar-refractivity contribution in [3.05, 3.63) is 23.3 Å². The third kappa shape index (κ3) is 2.47. The molecular formula is C17H23N5O2. The molecule has 2 aromatic heterocycles. The van der Waals surface area contributed by atoms with Gasteiger partial charge in [-0.1, -0.05) is 0 Å². The molecular weight excluding hydrogens is 306 g/mol. The number of aromatic nitrogens is 4. The molecule has 2 fully saturated rings. The zero-order chi connectivity index (χ0) is 16.9. The lowest BCUT2D eigenvalue weighted by atomic mass is 10.0. The van der Waals surface area contributed by atoms with E-state index in [-0.39, 0.29) is 11.9 Å². The molecule has 1 saturated heterocycles. The lowest BCUT2D eigenvalue weighted by molar-refractivity contribution is -0.134. The molecule has 0 spiro atoms. The third-order valence-electron chi connectivity index (χ3n) is 5.53. The van der Waals surface area contributed by atoms with Gasteiger partial charge < -0.3 is 10.0 Å². The minimum Gasteiger partial charge on any atom is -0.388 e. The van der Waals surface area contributed by atoms with E-state index in [4.69, 9.17) is 0 Å². The monoisotopic (exact) mass is 329 g/mol. The van der Waals surface area contributed by atoms with Gasteiger partial charge in [0.25, 0.3) is 5.78 Å². The summed E-state index contributed by atoms with van der Waals surface area (Å²) in [6.45, 7) is 4.71. The Balaban J connectivity index is 1.49. The van der Waals surface area contributed by atoms with Crippen LogP contribution in [0.3, 0.4) is 0 Å². The number of aliphatic hydroxyl groups is 1. The lowest BCUT2D eigenvalue weighted by Crippen LogP contribution is -2.44. The summed E-state index contributed by atoms with van der Waals surface area (Å²) < 4.78 is 1.72. The van der Waals surface area contributed by atoms with Gasteiger partial charge in [0.15, 0.2) is 0 Å². The molecule has 7 heteroatoms. The molecule has 24 heavy (non-hydrogen) atoms. The van der Waals surface area contributed by atoms with Crippen LogP contribution in [0.1, 0.15) is 49.1 Å². The molecule has 1 unspecified atom stereocenters. The quantitative estimate of drug-likeness (QED) is 0.911. The van der Waals surface area contributed by atoms with E-state index in [1.54, 1.807) is 4.52 Å². The highest BCUT2D eigenvalue weighted by atomic mass is 16.3. The van der Waals surface area contributed by atoms with Gasteiger partial charge in [-0.25, -0.2) is 9.50 Å². The molecule has 0 bridgehead atoms. The topological polar surface area (TPSA) is 83.6 Å². The van der Waals surface area contributed by atoms with Crippen molar-refractivity contribution >= 4 is 11.7 Å². The zero-order valence-electron chi connectivity index (χ0n) is 14.2. The first-order valence-electron chi connectivity index (χ1n) is 8.67. The first-order valence-corrected chi connectivity index (χ1v) is 8.67. The van der Waals surface area contributed by atoms with Crippen LogP contribution in [0.25, 0.3) is 5.78 Å². The lowest BCUT2D eigenvalue weighted by Gasteiger charge is -2.29. The Kier molecular flexibility index (Phi) is 3.56. The number of likely N-dealkylation sites (tertiary alicyclic amines) is 1. The van der Waals surface area contributed by atoms with Gasteiger partial charge in [-0.2, -0.15) is 10.1 Å². The molecule has 1 amide bonds. The molecule has 2 aliphatic rings. The fourth-order valence-electron chi connectivity index (χ4n) is 3.98. The van der Waals surface area contributed by atoms with Gasteiger partial charge in [-0.15, -0.1) is 0 Å². The Morgan fingerprint density at radius 1 is 1.42 bits per heavy atom. The molecule has 1 N–H and O–H groups in total. The van der Waals surface area contributed by atoms with Crippen LogP contribution in [-0.4, -0.2) is 53.7 Å². The molecule has 128 valence electrons. The average molecular weight is 329 g/mol. The van der Waals surface area contributed by atoms with Crippen molar-refractivity contribution in [1.29, 1.82) is 0 Å². The Hall–Kier alpha value is -2.02. The van der Waals surface area contributed by atoms with E-state index in [0.29, 0.717) is 18.6 Å². The first kappa shape index (κ1) is 15.5. The van der Waals surface area contributed by atoms with Crippen molar-refractivity contribution in [3.8, 4) is 0 Å². The predicted molar refractivity (Wildman–Crippen MR) is 87.5 cm³/mol. The van der Waals surface area contributed by atoms with Gasteiger partial charge in [0.1, 0.15) is 6.33 Å². The number of fused-ring (bicyclic) bond motifs is 1. The highest BCUT2D eigenvalue weighted by Crippen LogP contribution is 2.44. The maximum absolute atomic E-state index is 12.7. The fourth-order valence-corrected chi connectivity index (χ4v) is 3.98. The van der Waals surface area contributed by atoms with Crippen molar-refractivity contribution in [1.82, 2.24) is 24.5 Å². The second-order valence-electron chi connectivity index (χ2n) is 7.08. The Morgan fingerprint density at radius 2 is 2.21 bits per heavy atom. The predicted octanol–water partition coefficient (Wildman–Crippen LogP) is 1.19. The average Bonchev–Trinajstić information content (AvgIpc) is 2.98. The van der Waals surface area contributed by atoms with Gasteiger partial charge in [0.05, 0.1) is 11.6 Å². The Labute approximate surface area is 140 Å². The molecule has 0 radical (unpaired) electrons. The number of nitrogens with zero attached hydrogens (tertiary/aromatic N) is 5. The summed E-state index contributed by atoms with van der Waals surface area (Å²) in [6, 6.07) is 0.0168. The van der Waals surface area contributed by atoms with E-state index < -0.39 is 5.60 Å². The van der Waals surface area contributed by atoms with E-state index in [1.165, 1.54) is 6.33 Å². The van der Waals surface area contributed by atoms with Gasteiger partial charge in [0.2, 0.25) is 5.91 Å². The van der Waals surface area contributed by atoms with Crippen LogP contribution in [0, 0.1) is 13.8 Å². The molecule has 7 nitrogen and oxygen atoms in total. The summed E-state index contributed by atoms with van der Waals surface area (Å²) in [4.78, 5) is 23.2. The number of aryl methyl sites for hydroxylation is 2. The van der Waals surface area contributed by atoms with Crippen LogP contribution >= 0.6 is 0 Å².